The Balaban J connectivity index is 0.000000370. The molecule has 1 aliphatic heterocycles. The highest BCUT2D eigenvalue weighted by Gasteiger charge is 2.19. The number of halogens is 1. The summed E-state index contributed by atoms with van der Waals surface area (Å²) < 4.78 is 0. The van der Waals surface area contributed by atoms with Crippen molar-refractivity contribution in [1.29, 1.82) is 0 Å². The van der Waals surface area contributed by atoms with Crippen LogP contribution in [0.2, 0.25) is 0 Å². The van der Waals surface area contributed by atoms with Crippen LogP contribution in [0, 0.1) is 0 Å². The molecular weight excluding hydrogens is 290 g/mol. The average molecular weight is 316 g/mol. The summed E-state index contributed by atoms with van der Waals surface area (Å²) in [5, 5.41) is 17.2. The quantitative estimate of drug-likeness (QED) is 0.896. The SMILES string of the molecule is CCN1CCCCC1CCO.Cl.O=C(O)c1ccccc1. The number of carboxylic acids is 1. The standard InChI is InChI=1S/C9H19NO.C7H6O2.ClH/c1-2-10-7-4-3-5-9(10)6-8-11;8-7(9)6-4-2-1-3-5-6;/h9,11H,2-8H2,1H3;1-5H,(H,8,9);1H. The highest BCUT2D eigenvalue weighted by Crippen LogP contribution is 2.18. The number of rotatable bonds is 4. The van der Waals surface area contributed by atoms with Crippen LogP contribution in [0.5, 0.6) is 0 Å². The number of hydrogen-bond acceptors (Lipinski definition) is 3. The number of likely N-dealkylation sites (tertiary alicyclic amines) is 1. The molecule has 1 heterocycles. The Labute approximate surface area is 133 Å². The van der Waals surface area contributed by atoms with E-state index in [2.05, 4.69) is 11.8 Å². The summed E-state index contributed by atoms with van der Waals surface area (Å²) >= 11 is 0. The maximum Gasteiger partial charge on any atom is 0.335 e. The highest BCUT2D eigenvalue weighted by atomic mass is 35.5. The van der Waals surface area contributed by atoms with Crippen LogP contribution in [0.25, 0.3) is 0 Å². The molecule has 1 saturated heterocycles. The van der Waals surface area contributed by atoms with Gasteiger partial charge in [-0.25, -0.2) is 4.79 Å². The fourth-order valence-electron chi connectivity index (χ4n) is 2.53. The number of aliphatic hydroxyl groups is 1. The van der Waals surface area contributed by atoms with E-state index in [0.29, 0.717) is 18.2 Å². The van der Waals surface area contributed by atoms with E-state index in [-0.39, 0.29) is 12.4 Å². The van der Waals surface area contributed by atoms with E-state index >= 15 is 0 Å². The molecule has 1 aliphatic rings. The molecule has 21 heavy (non-hydrogen) atoms. The normalized spacial score (nSPS) is 18.1. The molecule has 0 spiro atoms. The van der Waals surface area contributed by atoms with Crippen molar-refractivity contribution in [2.24, 2.45) is 0 Å². The van der Waals surface area contributed by atoms with Gasteiger partial charge in [0.15, 0.2) is 0 Å². The Morgan fingerprint density at radius 3 is 2.43 bits per heavy atom. The smallest absolute Gasteiger partial charge is 0.335 e. The summed E-state index contributed by atoms with van der Waals surface area (Å²) in [7, 11) is 0. The molecule has 1 aromatic rings. The number of aromatic carboxylic acids is 1. The van der Waals surface area contributed by atoms with Gasteiger partial charge in [-0.2, -0.15) is 0 Å². The maximum atomic E-state index is 10.2. The molecule has 0 radical (unpaired) electrons. The third-order valence-corrected chi connectivity index (χ3v) is 3.64. The van der Waals surface area contributed by atoms with Gasteiger partial charge in [0.1, 0.15) is 0 Å². The summed E-state index contributed by atoms with van der Waals surface area (Å²) in [5.74, 6) is -0.879. The number of carbonyl (C=O) groups is 1. The van der Waals surface area contributed by atoms with Gasteiger partial charge >= 0.3 is 5.97 Å². The van der Waals surface area contributed by atoms with E-state index in [0.717, 1.165) is 13.0 Å². The van der Waals surface area contributed by atoms with Crippen molar-refractivity contribution < 1.29 is 15.0 Å². The average Bonchev–Trinajstić information content (AvgIpc) is 2.50. The second-order valence-corrected chi connectivity index (χ2v) is 4.96. The van der Waals surface area contributed by atoms with Gasteiger partial charge in [0.2, 0.25) is 0 Å². The van der Waals surface area contributed by atoms with Gasteiger partial charge in [-0.3, -0.25) is 0 Å². The van der Waals surface area contributed by atoms with Crippen LogP contribution in [-0.4, -0.2) is 46.8 Å². The van der Waals surface area contributed by atoms with Crippen LogP contribution in [0.3, 0.4) is 0 Å². The molecule has 0 aromatic heterocycles. The number of aliphatic hydroxyl groups excluding tert-OH is 1. The van der Waals surface area contributed by atoms with Crippen LogP contribution in [0.15, 0.2) is 30.3 Å². The molecule has 0 bridgehead atoms. The Bertz CT molecular complexity index is 384. The van der Waals surface area contributed by atoms with Crippen molar-refractivity contribution in [3.63, 3.8) is 0 Å². The monoisotopic (exact) mass is 315 g/mol. The van der Waals surface area contributed by atoms with E-state index in [4.69, 9.17) is 10.2 Å². The largest absolute Gasteiger partial charge is 0.478 e. The van der Waals surface area contributed by atoms with E-state index in [1.54, 1.807) is 30.3 Å². The minimum absolute atomic E-state index is 0. The molecule has 4 nitrogen and oxygen atoms in total. The van der Waals surface area contributed by atoms with Gasteiger partial charge in [0, 0.05) is 12.6 Å². The first kappa shape index (κ1) is 19.9. The molecule has 1 fully saturated rings. The second-order valence-electron chi connectivity index (χ2n) is 4.96. The molecule has 5 heteroatoms. The lowest BCUT2D eigenvalue weighted by molar-refractivity contribution is 0.0697. The molecule has 1 unspecified atom stereocenters. The predicted octanol–water partition coefficient (Wildman–Crippen LogP) is 3.05. The Morgan fingerprint density at radius 2 is 1.95 bits per heavy atom. The topological polar surface area (TPSA) is 60.8 Å². The predicted molar refractivity (Wildman–Crippen MR) is 87.2 cm³/mol. The zero-order valence-electron chi connectivity index (χ0n) is 12.6. The lowest BCUT2D eigenvalue weighted by Gasteiger charge is -2.34. The maximum absolute atomic E-state index is 10.2. The van der Waals surface area contributed by atoms with E-state index < -0.39 is 5.97 Å². The van der Waals surface area contributed by atoms with Gasteiger partial charge in [-0.1, -0.05) is 31.5 Å². The van der Waals surface area contributed by atoms with Crippen LogP contribution < -0.4 is 0 Å². The first-order valence-electron chi connectivity index (χ1n) is 7.32. The van der Waals surface area contributed by atoms with E-state index in [9.17, 15) is 4.79 Å². The van der Waals surface area contributed by atoms with Crippen molar-refractivity contribution in [2.75, 3.05) is 19.7 Å². The summed E-state index contributed by atoms with van der Waals surface area (Å²) in [6.07, 6.45) is 4.94. The lowest BCUT2D eigenvalue weighted by Crippen LogP contribution is -2.39. The molecular formula is C16H26ClNO3. The summed E-state index contributed by atoms with van der Waals surface area (Å²) in [6.45, 7) is 4.93. The zero-order valence-corrected chi connectivity index (χ0v) is 13.4. The minimum atomic E-state index is -0.879. The highest BCUT2D eigenvalue weighted by molar-refractivity contribution is 5.87. The van der Waals surface area contributed by atoms with Crippen LogP contribution in [0.4, 0.5) is 0 Å². The lowest BCUT2D eigenvalue weighted by atomic mass is 10.00. The zero-order chi connectivity index (χ0) is 14.8. The number of hydrogen-bond donors (Lipinski definition) is 2. The fraction of sp³-hybridized carbons (Fsp3) is 0.562. The van der Waals surface area contributed by atoms with Crippen LogP contribution in [-0.2, 0) is 0 Å². The summed E-state index contributed by atoms with van der Waals surface area (Å²) in [6, 6.07) is 8.96. The van der Waals surface area contributed by atoms with Crippen molar-refractivity contribution >= 4 is 18.4 Å². The molecule has 2 rings (SSSR count). The Morgan fingerprint density at radius 1 is 1.29 bits per heavy atom. The molecule has 0 saturated carbocycles. The minimum Gasteiger partial charge on any atom is -0.478 e. The Hall–Kier alpha value is -1.10. The first-order valence-corrected chi connectivity index (χ1v) is 7.32. The van der Waals surface area contributed by atoms with Gasteiger partial charge < -0.3 is 15.1 Å². The van der Waals surface area contributed by atoms with Crippen molar-refractivity contribution in [3.8, 4) is 0 Å². The van der Waals surface area contributed by atoms with Gasteiger partial charge in [-0.15, -0.1) is 12.4 Å². The van der Waals surface area contributed by atoms with Gasteiger partial charge in [0.25, 0.3) is 0 Å². The summed E-state index contributed by atoms with van der Waals surface area (Å²) in [5.41, 5.74) is 0.331. The Kier molecular flexibility index (Phi) is 10.9. The molecule has 1 aromatic carbocycles. The molecule has 0 aliphatic carbocycles. The van der Waals surface area contributed by atoms with E-state index in [1.165, 1.54) is 25.8 Å². The number of carboxylic acid groups (broad SMARTS) is 1. The number of piperidine rings is 1. The van der Waals surface area contributed by atoms with Crippen molar-refractivity contribution in [1.82, 2.24) is 4.90 Å². The molecule has 120 valence electrons. The molecule has 1 atom stereocenters. The molecule has 0 amide bonds. The fourth-order valence-corrected chi connectivity index (χ4v) is 2.53. The molecule has 2 N–H and O–H groups in total. The van der Waals surface area contributed by atoms with Crippen molar-refractivity contribution in [2.45, 2.75) is 38.6 Å². The van der Waals surface area contributed by atoms with Gasteiger partial charge in [-0.05, 0) is 44.5 Å². The first-order chi connectivity index (χ1) is 9.69. The van der Waals surface area contributed by atoms with E-state index in [1.807, 2.05) is 0 Å². The second kappa shape index (κ2) is 11.5. The third-order valence-electron chi connectivity index (χ3n) is 3.64. The number of benzene rings is 1. The van der Waals surface area contributed by atoms with Crippen LogP contribution >= 0.6 is 12.4 Å². The third kappa shape index (κ3) is 7.46. The summed E-state index contributed by atoms with van der Waals surface area (Å²) in [4.78, 5) is 12.7. The number of nitrogens with zero attached hydrogens (tertiary/aromatic N) is 1. The van der Waals surface area contributed by atoms with Gasteiger partial charge in [0.05, 0.1) is 5.56 Å². The van der Waals surface area contributed by atoms with Crippen molar-refractivity contribution in [3.05, 3.63) is 35.9 Å². The van der Waals surface area contributed by atoms with Crippen LogP contribution in [0.1, 0.15) is 43.0 Å².